The normalized spacial score (nSPS) is 20.9. The van der Waals surface area contributed by atoms with Crippen LogP contribution in [0.25, 0.3) is 0 Å². The Labute approximate surface area is 120 Å². The van der Waals surface area contributed by atoms with Crippen molar-refractivity contribution in [2.75, 3.05) is 11.1 Å². The maximum Gasteiger partial charge on any atom is 0.148 e. The zero-order valence-corrected chi connectivity index (χ0v) is 12.1. The topological polar surface area (TPSA) is 55.9 Å². The standard InChI is InChI=1S/C16H22N4/c1-3-7-13-15(17)16(20(2)19-13)18-14-10-12(14)11-8-5-4-6-9-11/h4-6,8-9,12,14,18H,3,7,10,17H2,1-2H3. The lowest BCUT2D eigenvalue weighted by Gasteiger charge is -2.07. The van der Waals surface area contributed by atoms with E-state index in [0.29, 0.717) is 12.0 Å². The van der Waals surface area contributed by atoms with Crippen molar-refractivity contribution in [2.24, 2.45) is 7.05 Å². The van der Waals surface area contributed by atoms with Crippen LogP contribution in [0.2, 0.25) is 0 Å². The predicted molar refractivity (Wildman–Crippen MR) is 82.8 cm³/mol. The number of nitrogen functional groups attached to an aromatic ring is 1. The Balaban J connectivity index is 1.71. The molecule has 4 heteroatoms. The number of hydrogen-bond acceptors (Lipinski definition) is 3. The van der Waals surface area contributed by atoms with Gasteiger partial charge in [0.1, 0.15) is 5.82 Å². The molecule has 3 rings (SSSR count). The summed E-state index contributed by atoms with van der Waals surface area (Å²) in [5, 5.41) is 8.06. The third kappa shape index (κ3) is 2.38. The molecule has 1 saturated carbocycles. The highest BCUT2D eigenvalue weighted by Crippen LogP contribution is 2.43. The number of aryl methyl sites for hydroxylation is 2. The molecule has 0 aliphatic heterocycles. The average molecular weight is 270 g/mol. The number of anilines is 2. The molecular formula is C16H22N4. The van der Waals surface area contributed by atoms with E-state index in [0.717, 1.165) is 36.5 Å². The van der Waals surface area contributed by atoms with E-state index >= 15 is 0 Å². The van der Waals surface area contributed by atoms with E-state index in [2.05, 4.69) is 47.7 Å². The molecule has 106 valence electrons. The Morgan fingerprint density at radius 3 is 2.80 bits per heavy atom. The van der Waals surface area contributed by atoms with Crippen LogP contribution in [-0.2, 0) is 13.5 Å². The highest BCUT2D eigenvalue weighted by molar-refractivity contribution is 5.66. The molecule has 1 fully saturated rings. The quantitative estimate of drug-likeness (QED) is 0.878. The molecule has 1 aliphatic rings. The molecule has 0 saturated heterocycles. The number of benzene rings is 1. The second kappa shape index (κ2) is 5.19. The van der Waals surface area contributed by atoms with E-state index < -0.39 is 0 Å². The fourth-order valence-corrected chi connectivity index (χ4v) is 2.79. The Kier molecular flexibility index (Phi) is 3.38. The minimum absolute atomic E-state index is 0.476. The van der Waals surface area contributed by atoms with Gasteiger partial charge in [-0.15, -0.1) is 0 Å². The molecule has 0 spiro atoms. The van der Waals surface area contributed by atoms with E-state index in [-0.39, 0.29) is 0 Å². The zero-order chi connectivity index (χ0) is 14.1. The van der Waals surface area contributed by atoms with E-state index in [9.17, 15) is 0 Å². The van der Waals surface area contributed by atoms with Crippen molar-refractivity contribution in [3.63, 3.8) is 0 Å². The average Bonchev–Trinajstić information content (AvgIpc) is 3.18. The van der Waals surface area contributed by atoms with E-state index in [1.807, 2.05) is 11.7 Å². The first kappa shape index (κ1) is 13.0. The minimum atomic E-state index is 0.476. The monoisotopic (exact) mass is 270 g/mol. The molecule has 0 bridgehead atoms. The molecule has 4 nitrogen and oxygen atoms in total. The highest BCUT2D eigenvalue weighted by atomic mass is 15.3. The van der Waals surface area contributed by atoms with E-state index in [1.165, 1.54) is 5.56 Å². The molecule has 1 heterocycles. The van der Waals surface area contributed by atoms with E-state index in [4.69, 9.17) is 5.73 Å². The summed E-state index contributed by atoms with van der Waals surface area (Å²) in [4.78, 5) is 0. The summed E-state index contributed by atoms with van der Waals surface area (Å²) in [7, 11) is 1.96. The summed E-state index contributed by atoms with van der Waals surface area (Å²) in [6, 6.07) is 11.1. The van der Waals surface area contributed by atoms with Crippen LogP contribution in [0.5, 0.6) is 0 Å². The lowest BCUT2D eigenvalue weighted by molar-refractivity contribution is 0.734. The Hall–Kier alpha value is -1.97. The van der Waals surface area contributed by atoms with Gasteiger partial charge < -0.3 is 11.1 Å². The Bertz CT molecular complexity index is 588. The lowest BCUT2D eigenvalue weighted by Crippen LogP contribution is -2.10. The largest absolute Gasteiger partial charge is 0.394 e. The van der Waals surface area contributed by atoms with Crippen LogP contribution in [0.1, 0.15) is 36.9 Å². The van der Waals surface area contributed by atoms with Crippen LogP contribution in [0.15, 0.2) is 30.3 Å². The van der Waals surface area contributed by atoms with Gasteiger partial charge in [0.25, 0.3) is 0 Å². The molecule has 2 aromatic rings. The molecule has 1 aromatic heterocycles. The molecule has 0 amide bonds. The highest BCUT2D eigenvalue weighted by Gasteiger charge is 2.39. The molecular weight excluding hydrogens is 248 g/mol. The number of nitrogens with two attached hydrogens (primary N) is 1. The smallest absolute Gasteiger partial charge is 0.148 e. The molecule has 20 heavy (non-hydrogen) atoms. The number of rotatable bonds is 5. The molecule has 1 aliphatic carbocycles. The van der Waals surface area contributed by atoms with Gasteiger partial charge in [-0.25, -0.2) is 0 Å². The van der Waals surface area contributed by atoms with Gasteiger partial charge >= 0.3 is 0 Å². The Morgan fingerprint density at radius 2 is 2.10 bits per heavy atom. The van der Waals surface area contributed by atoms with Crippen LogP contribution in [0.4, 0.5) is 11.5 Å². The van der Waals surface area contributed by atoms with Crippen molar-refractivity contribution in [1.82, 2.24) is 9.78 Å². The summed E-state index contributed by atoms with van der Waals surface area (Å²) in [5.74, 6) is 1.57. The maximum atomic E-state index is 6.20. The summed E-state index contributed by atoms with van der Waals surface area (Å²) >= 11 is 0. The van der Waals surface area contributed by atoms with Crippen molar-refractivity contribution >= 4 is 11.5 Å². The molecule has 2 unspecified atom stereocenters. The van der Waals surface area contributed by atoms with Crippen molar-refractivity contribution < 1.29 is 0 Å². The van der Waals surface area contributed by atoms with Crippen LogP contribution in [0.3, 0.4) is 0 Å². The second-order valence-electron chi connectivity index (χ2n) is 5.59. The molecule has 1 aromatic carbocycles. The molecule has 0 radical (unpaired) electrons. The second-order valence-corrected chi connectivity index (χ2v) is 5.59. The van der Waals surface area contributed by atoms with Crippen molar-refractivity contribution in [3.8, 4) is 0 Å². The number of nitrogens with one attached hydrogen (secondary N) is 1. The van der Waals surface area contributed by atoms with Gasteiger partial charge in [-0.1, -0.05) is 43.7 Å². The number of aromatic nitrogens is 2. The van der Waals surface area contributed by atoms with Gasteiger partial charge in [0.15, 0.2) is 0 Å². The summed E-state index contributed by atoms with van der Waals surface area (Å²) in [6.45, 7) is 2.15. The third-order valence-corrected chi connectivity index (χ3v) is 3.99. The van der Waals surface area contributed by atoms with Gasteiger partial charge in [-0.3, -0.25) is 4.68 Å². The van der Waals surface area contributed by atoms with Gasteiger partial charge in [0.05, 0.1) is 11.4 Å². The third-order valence-electron chi connectivity index (χ3n) is 3.99. The van der Waals surface area contributed by atoms with Crippen LogP contribution < -0.4 is 11.1 Å². The first-order valence-electron chi connectivity index (χ1n) is 7.33. The first-order chi connectivity index (χ1) is 9.70. The number of hydrogen-bond donors (Lipinski definition) is 2. The summed E-state index contributed by atoms with van der Waals surface area (Å²) < 4.78 is 1.88. The summed E-state index contributed by atoms with van der Waals surface area (Å²) in [5.41, 5.74) is 9.43. The lowest BCUT2D eigenvalue weighted by atomic mass is 10.1. The maximum absolute atomic E-state index is 6.20. The fourth-order valence-electron chi connectivity index (χ4n) is 2.79. The van der Waals surface area contributed by atoms with Crippen LogP contribution >= 0.6 is 0 Å². The predicted octanol–water partition coefficient (Wildman–Crippen LogP) is 2.92. The fraction of sp³-hybridized carbons (Fsp3) is 0.438. The van der Waals surface area contributed by atoms with Gasteiger partial charge in [0.2, 0.25) is 0 Å². The molecule has 3 N–H and O–H groups in total. The van der Waals surface area contributed by atoms with Crippen LogP contribution in [-0.4, -0.2) is 15.8 Å². The molecule has 2 atom stereocenters. The SMILES string of the molecule is CCCc1nn(C)c(NC2CC2c2ccccc2)c1N. The van der Waals surface area contributed by atoms with Gasteiger partial charge in [-0.2, -0.15) is 5.10 Å². The van der Waals surface area contributed by atoms with Crippen molar-refractivity contribution in [2.45, 2.75) is 38.1 Å². The minimum Gasteiger partial charge on any atom is -0.394 e. The van der Waals surface area contributed by atoms with Gasteiger partial charge in [-0.05, 0) is 18.4 Å². The van der Waals surface area contributed by atoms with E-state index in [1.54, 1.807) is 0 Å². The zero-order valence-electron chi connectivity index (χ0n) is 12.1. The first-order valence-corrected chi connectivity index (χ1v) is 7.33. The number of nitrogens with zero attached hydrogens (tertiary/aromatic N) is 2. The summed E-state index contributed by atoms with van der Waals surface area (Å²) in [6.07, 6.45) is 3.17. The van der Waals surface area contributed by atoms with Crippen molar-refractivity contribution in [3.05, 3.63) is 41.6 Å². The van der Waals surface area contributed by atoms with Gasteiger partial charge in [0, 0.05) is 19.0 Å². The Morgan fingerprint density at radius 1 is 1.35 bits per heavy atom. The van der Waals surface area contributed by atoms with Crippen molar-refractivity contribution in [1.29, 1.82) is 0 Å². The van der Waals surface area contributed by atoms with Crippen LogP contribution in [0, 0.1) is 0 Å².